The number of allylic oxidation sites excluding steroid dienone is 1. The topological polar surface area (TPSA) is 95.0 Å². The van der Waals surface area contributed by atoms with Crippen LogP contribution in [0.4, 0.5) is 5.69 Å². The van der Waals surface area contributed by atoms with Gasteiger partial charge in [0, 0.05) is 27.8 Å². The van der Waals surface area contributed by atoms with Crippen molar-refractivity contribution in [2.24, 2.45) is 0 Å². The molecule has 0 atom stereocenters. The van der Waals surface area contributed by atoms with Crippen LogP contribution in [-0.2, 0) is 0 Å². The number of hydrogen-bond donors (Lipinski definition) is 2. The average molecular weight is 435 g/mol. The summed E-state index contributed by atoms with van der Waals surface area (Å²) in [5.74, 6) is 0.0442. The number of nitrogens with zero attached hydrogens (tertiary/aromatic N) is 1. The van der Waals surface area contributed by atoms with Crippen molar-refractivity contribution in [2.45, 2.75) is 6.92 Å². The molecular formula is C27H21N3O3. The van der Waals surface area contributed by atoms with E-state index in [4.69, 9.17) is 4.74 Å². The van der Waals surface area contributed by atoms with E-state index in [1.165, 1.54) is 6.08 Å². The Morgan fingerprint density at radius 2 is 1.79 bits per heavy atom. The zero-order valence-corrected chi connectivity index (χ0v) is 18.2. The van der Waals surface area contributed by atoms with Gasteiger partial charge in [-0.05, 0) is 61.0 Å². The molecule has 4 rings (SSSR count). The van der Waals surface area contributed by atoms with Gasteiger partial charge in [-0.2, -0.15) is 5.26 Å². The van der Waals surface area contributed by atoms with Gasteiger partial charge in [0.25, 0.3) is 5.91 Å². The quantitative estimate of drug-likeness (QED) is 0.237. The number of ether oxygens (including phenoxy) is 1. The average Bonchev–Trinajstić information content (AvgIpc) is 3.18. The number of benzene rings is 3. The largest absolute Gasteiger partial charge is 0.497 e. The maximum atomic E-state index is 13.2. The number of aryl methyl sites for hydroxylation is 1. The maximum Gasteiger partial charge on any atom is 0.255 e. The number of amides is 1. The van der Waals surface area contributed by atoms with Crippen LogP contribution in [0.1, 0.15) is 32.0 Å². The third-order valence-corrected chi connectivity index (χ3v) is 5.29. The Morgan fingerprint density at radius 1 is 1.03 bits per heavy atom. The van der Waals surface area contributed by atoms with Crippen molar-refractivity contribution in [2.75, 3.05) is 12.4 Å². The van der Waals surface area contributed by atoms with E-state index in [0.717, 1.165) is 10.9 Å². The van der Waals surface area contributed by atoms with Crippen LogP contribution >= 0.6 is 0 Å². The first-order valence-corrected chi connectivity index (χ1v) is 10.3. The molecule has 6 heteroatoms. The molecule has 0 radical (unpaired) electrons. The van der Waals surface area contributed by atoms with Crippen LogP contribution in [0.15, 0.2) is 78.4 Å². The molecule has 0 unspecified atom stereocenters. The Kier molecular flexibility index (Phi) is 6.05. The molecule has 2 N–H and O–H groups in total. The van der Waals surface area contributed by atoms with E-state index in [9.17, 15) is 14.9 Å². The minimum atomic E-state index is -0.347. The molecule has 0 bridgehead atoms. The summed E-state index contributed by atoms with van der Waals surface area (Å²) in [5.41, 5.74) is 3.73. The third-order valence-electron chi connectivity index (χ3n) is 5.29. The number of fused-ring (bicyclic) bond motifs is 1. The summed E-state index contributed by atoms with van der Waals surface area (Å²) in [6.45, 7) is 1.82. The second-order valence-electron chi connectivity index (χ2n) is 7.48. The zero-order chi connectivity index (χ0) is 23.4. The van der Waals surface area contributed by atoms with Gasteiger partial charge in [0.05, 0.1) is 12.7 Å². The Morgan fingerprint density at radius 3 is 2.52 bits per heavy atom. The number of carbonyl (C=O) groups excluding carboxylic acids is 2. The first-order valence-electron chi connectivity index (χ1n) is 10.3. The number of aromatic nitrogens is 1. The van der Waals surface area contributed by atoms with Gasteiger partial charge in [-0.1, -0.05) is 30.3 Å². The van der Waals surface area contributed by atoms with Gasteiger partial charge in [-0.15, -0.1) is 0 Å². The molecule has 33 heavy (non-hydrogen) atoms. The van der Waals surface area contributed by atoms with Crippen LogP contribution in [0.2, 0.25) is 0 Å². The van der Waals surface area contributed by atoms with Gasteiger partial charge in [-0.25, -0.2) is 0 Å². The summed E-state index contributed by atoms with van der Waals surface area (Å²) in [4.78, 5) is 28.9. The first-order chi connectivity index (χ1) is 16.0. The van der Waals surface area contributed by atoms with Crippen LogP contribution in [0.25, 0.3) is 17.0 Å². The number of nitriles is 1. The van der Waals surface area contributed by atoms with E-state index in [2.05, 4.69) is 10.3 Å². The van der Waals surface area contributed by atoms with E-state index >= 15 is 0 Å². The number of carbonyl (C=O) groups is 2. The number of nitrogens with one attached hydrogen (secondary N) is 2. The van der Waals surface area contributed by atoms with Gasteiger partial charge in [0.15, 0.2) is 0 Å². The van der Waals surface area contributed by atoms with Crippen LogP contribution in [0.3, 0.4) is 0 Å². The predicted octanol–water partition coefficient (Wildman–Crippen LogP) is 5.53. The lowest BCUT2D eigenvalue weighted by molar-refractivity contribution is 0.102. The Balaban J connectivity index is 1.59. The van der Waals surface area contributed by atoms with Crippen LogP contribution in [-0.4, -0.2) is 23.8 Å². The number of hydrogen-bond acceptors (Lipinski definition) is 4. The summed E-state index contributed by atoms with van der Waals surface area (Å²) in [5, 5.41) is 13.3. The SMILES string of the molecule is COc1ccc(C(=O)Nc2cccc(/C=C(\C#N)C(=O)c3c(C)[nH]c4ccccc34)c2)cc1. The Labute approximate surface area is 191 Å². The summed E-state index contributed by atoms with van der Waals surface area (Å²) in [6.07, 6.45) is 1.53. The van der Waals surface area contributed by atoms with Gasteiger partial charge in [-0.3, -0.25) is 9.59 Å². The minimum absolute atomic E-state index is 0.0153. The number of Topliss-reactive ketones (excluding diaryl/α,β-unsaturated/α-hetero) is 1. The highest BCUT2D eigenvalue weighted by Gasteiger charge is 2.19. The second-order valence-corrected chi connectivity index (χ2v) is 7.48. The molecule has 0 aliphatic carbocycles. The lowest BCUT2D eigenvalue weighted by Crippen LogP contribution is -2.11. The van der Waals surface area contributed by atoms with Crippen molar-refractivity contribution < 1.29 is 14.3 Å². The molecule has 0 spiro atoms. The van der Waals surface area contributed by atoms with E-state index < -0.39 is 0 Å². The van der Waals surface area contributed by atoms with Gasteiger partial charge < -0.3 is 15.0 Å². The van der Waals surface area contributed by atoms with E-state index in [0.29, 0.717) is 33.8 Å². The molecule has 0 saturated heterocycles. The van der Waals surface area contributed by atoms with E-state index in [1.807, 2.05) is 37.3 Å². The lowest BCUT2D eigenvalue weighted by Gasteiger charge is -2.07. The number of methoxy groups -OCH3 is 1. The van der Waals surface area contributed by atoms with Gasteiger partial charge >= 0.3 is 0 Å². The summed E-state index contributed by atoms with van der Waals surface area (Å²) in [7, 11) is 1.56. The molecule has 0 fully saturated rings. The fourth-order valence-corrected chi connectivity index (χ4v) is 3.67. The van der Waals surface area contributed by atoms with Crippen LogP contribution in [0.5, 0.6) is 5.75 Å². The predicted molar refractivity (Wildman–Crippen MR) is 128 cm³/mol. The van der Waals surface area contributed by atoms with Gasteiger partial charge in [0.1, 0.15) is 17.4 Å². The van der Waals surface area contributed by atoms with Crippen molar-refractivity contribution in [3.63, 3.8) is 0 Å². The Bertz CT molecular complexity index is 1420. The van der Waals surface area contributed by atoms with Crippen LogP contribution in [0, 0.1) is 18.3 Å². The number of aromatic amines is 1. The van der Waals surface area contributed by atoms with Crippen LogP contribution < -0.4 is 10.1 Å². The highest BCUT2D eigenvalue weighted by atomic mass is 16.5. The molecule has 0 aliphatic rings. The van der Waals surface area contributed by atoms with Crippen molar-refractivity contribution in [1.82, 2.24) is 4.98 Å². The molecular weight excluding hydrogens is 414 g/mol. The molecule has 0 saturated carbocycles. The molecule has 3 aromatic carbocycles. The number of H-pyrrole nitrogens is 1. The van der Waals surface area contributed by atoms with E-state index in [-0.39, 0.29) is 17.3 Å². The molecule has 1 aromatic heterocycles. The number of ketones is 1. The minimum Gasteiger partial charge on any atom is -0.497 e. The van der Waals surface area contributed by atoms with Crippen molar-refractivity contribution in [3.8, 4) is 11.8 Å². The molecule has 6 nitrogen and oxygen atoms in total. The second kappa shape index (κ2) is 9.25. The van der Waals surface area contributed by atoms with Crippen molar-refractivity contribution in [3.05, 3.63) is 101 Å². The van der Waals surface area contributed by atoms with Crippen molar-refractivity contribution >= 4 is 34.4 Å². The van der Waals surface area contributed by atoms with E-state index in [1.54, 1.807) is 55.6 Å². The fraction of sp³-hybridized carbons (Fsp3) is 0.0741. The molecule has 162 valence electrons. The number of para-hydroxylation sites is 1. The third kappa shape index (κ3) is 4.53. The molecule has 1 heterocycles. The highest BCUT2D eigenvalue weighted by molar-refractivity contribution is 6.20. The zero-order valence-electron chi connectivity index (χ0n) is 18.2. The first kappa shape index (κ1) is 21.6. The summed E-state index contributed by atoms with van der Waals surface area (Å²) >= 11 is 0. The van der Waals surface area contributed by atoms with Gasteiger partial charge in [0.2, 0.25) is 5.78 Å². The maximum absolute atomic E-state index is 13.2. The smallest absolute Gasteiger partial charge is 0.255 e. The summed E-state index contributed by atoms with van der Waals surface area (Å²) in [6, 6.07) is 23.3. The highest BCUT2D eigenvalue weighted by Crippen LogP contribution is 2.25. The molecule has 1 amide bonds. The monoisotopic (exact) mass is 435 g/mol. The lowest BCUT2D eigenvalue weighted by atomic mass is 9.99. The molecule has 4 aromatic rings. The fourth-order valence-electron chi connectivity index (χ4n) is 3.67. The molecule has 0 aliphatic heterocycles. The normalized spacial score (nSPS) is 11.1. The summed E-state index contributed by atoms with van der Waals surface area (Å²) < 4.78 is 5.11. The Hall–Kier alpha value is -4.63. The number of anilines is 1. The van der Waals surface area contributed by atoms with Crippen molar-refractivity contribution in [1.29, 1.82) is 5.26 Å². The standard InChI is InChI=1S/C27H21N3O3/c1-17-25(23-8-3-4-9-24(23)29-17)26(31)20(16-28)14-18-6-5-7-21(15-18)30-27(32)19-10-12-22(33-2)13-11-19/h3-15,29H,1-2H3,(H,30,32)/b20-14+. The number of rotatable bonds is 6.